The molecule has 0 N–H and O–H groups in total. The highest BCUT2D eigenvalue weighted by atomic mass is 127. The van der Waals surface area contributed by atoms with Crippen LogP contribution in [0.1, 0.15) is 6.42 Å². The van der Waals surface area contributed by atoms with Crippen LogP contribution in [0.3, 0.4) is 0 Å². The first-order valence-corrected chi connectivity index (χ1v) is 6.07. The van der Waals surface area contributed by atoms with E-state index >= 15 is 0 Å². The van der Waals surface area contributed by atoms with Crippen molar-refractivity contribution >= 4 is 22.6 Å². The van der Waals surface area contributed by atoms with Crippen molar-refractivity contribution in [3.63, 3.8) is 0 Å². The second-order valence-corrected chi connectivity index (χ2v) is 4.90. The van der Waals surface area contributed by atoms with Gasteiger partial charge in [0.1, 0.15) is 0 Å². The van der Waals surface area contributed by atoms with E-state index in [1.54, 1.807) is 0 Å². The number of hydrogen-bond acceptors (Lipinski definition) is 0. The van der Waals surface area contributed by atoms with E-state index in [0.29, 0.717) is 0 Å². The molecule has 1 aliphatic carbocycles. The van der Waals surface area contributed by atoms with Gasteiger partial charge in [-0.2, -0.15) is 39.5 Å². The summed E-state index contributed by atoms with van der Waals surface area (Å²) in [5.41, 5.74) is 0. The molecule has 0 aromatic rings. The van der Waals surface area contributed by atoms with Crippen LogP contribution in [-0.4, -0.2) is 28.4 Å². The first kappa shape index (κ1) is 16.2. The lowest BCUT2D eigenvalue weighted by Gasteiger charge is -2.51. The predicted molar refractivity (Wildman–Crippen MR) is 51.4 cm³/mol. The van der Waals surface area contributed by atoms with Gasteiger partial charge in [-0.15, -0.1) is 0 Å². The summed E-state index contributed by atoms with van der Waals surface area (Å²) in [6.07, 6.45) is -8.35. The summed E-state index contributed by atoms with van der Waals surface area (Å²) in [7, 11) is 0. The third-order valence-electron chi connectivity index (χ3n) is 2.92. The first-order valence-electron chi connectivity index (χ1n) is 4.55. The molecule has 0 spiro atoms. The molecule has 0 unspecified atom stereocenters. The third kappa shape index (κ3) is 2.17. The lowest BCUT2D eigenvalue weighted by Crippen LogP contribution is -2.68. The summed E-state index contributed by atoms with van der Waals surface area (Å²) in [5.74, 6) is -19.6. The summed E-state index contributed by atoms with van der Waals surface area (Å²) in [5, 5.41) is 0. The van der Waals surface area contributed by atoms with Crippen LogP contribution < -0.4 is 0 Å². The van der Waals surface area contributed by atoms with Crippen molar-refractivity contribution in [2.24, 2.45) is 11.8 Å². The average Bonchev–Trinajstić information content (AvgIpc) is 2.14. The van der Waals surface area contributed by atoms with Crippen molar-refractivity contribution in [1.29, 1.82) is 0 Å². The van der Waals surface area contributed by atoms with Gasteiger partial charge < -0.3 is 0 Å². The second-order valence-electron chi connectivity index (χ2n) is 4.02. The molecule has 1 fully saturated rings. The highest BCUT2D eigenvalue weighted by Gasteiger charge is 2.79. The van der Waals surface area contributed by atoms with E-state index in [4.69, 9.17) is 0 Å². The maximum atomic E-state index is 12.9. The second kappa shape index (κ2) is 4.30. The molecule has 2 atom stereocenters. The summed E-state index contributed by atoms with van der Waals surface area (Å²) >= 11 is 1.25. The molecule has 0 bridgehead atoms. The Morgan fingerprint density at radius 3 is 1.56 bits per heavy atom. The minimum Gasteiger partial charge on any atom is -0.200 e. The van der Waals surface area contributed by atoms with E-state index in [0.717, 1.165) is 0 Å². The molecule has 0 aliphatic heterocycles. The van der Waals surface area contributed by atoms with Crippen molar-refractivity contribution in [3.8, 4) is 0 Å². The minimum absolute atomic E-state index is 0.626. The molecule has 10 heteroatoms. The van der Waals surface area contributed by atoms with Gasteiger partial charge in [0, 0.05) is 22.7 Å². The average molecular weight is 400 g/mol. The van der Waals surface area contributed by atoms with Crippen LogP contribution in [0.15, 0.2) is 0 Å². The van der Waals surface area contributed by atoms with Gasteiger partial charge in [0.25, 0.3) is 0 Å². The Hall–Kier alpha value is 0.1000. The van der Waals surface area contributed by atoms with Gasteiger partial charge in [0.2, 0.25) is 0 Å². The van der Waals surface area contributed by atoms with Gasteiger partial charge in [-0.3, -0.25) is 0 Å². The third-order valence-corrected chi connectivity index (χ3v) is 3.87. The Morgan fingerprint density at radius 1 is 0.833 bits per heavy atom. The van der Waals surface area contributed by atoms with Crippen LogP contribution in [0.4, 0.5) is 39.5 Å². The summed E-state index contributed by atoms with van der Waals surface area (Å²) in [6, 6.07) is 0. The fourth-order valence-corrected chi connectivity index (χ4v) is 2.94. The summed E-state index contributed by atoms with van der Waals surface area (Å²) in [4.78, 5) is 0. The van der Waals surface area contributed by atoms with Gasteiger partial charge in [-0.05, 0) is 0 Å². The SMILES string of the molecule is FC(F)(F)C(F)(F)C[C@@H]1[C@H](CI)C(F)(F)C1(F)F. The van der Waals surface area contributed by atoms with Crippen LogP contribution >= 0.6 is 22.6 Å². The molecule has 0 amide bonds. The van der Waals surface area contributed by atoms with Crippen molar-refractivity contribution in [1.82, 2.24) is 0 Å². The minimum atomic E-state index is -6.02. The quantitative estimate of drug-likeness (QED) is 0.371. The molecule has 0 radical (unpaired) electrons. The molecule has 0 heterocycles. The van der Waals surface area contributed by atoms with Gasteiger partial charge >= 0.3 is 23.9 Å². The number of alkyl halides is 10. The summed E-state index contributed by atoms with van der Waals surface area (Å²) < 4.78 is 112. The zero-order valence-electron chi connectivity index (χ0n) is 8.35. The predicted octanol–water partition coefficient (Wildman–Crippen LogP) is 4.53. The van der Waals surface area contributed by atoms with Crippen LogP contribution in [0, 0.1) is 11.8 Å². The lowest BCUT2D eigenvalue weighted by molar-refractivity contribution is -0.370. The molecule has 0 nitrogen and oxygen atoms in total. The van der Waals surface area contributed by atoms with Crippen molar-refractivity contribution < 1.29 is 39.5 Å². The van der Waals surface area contributed by atoms with E-state index in [-0.39, 0.29) is 0 Å². The number of halogens is 10. The molecule has 108 valence electrons. The standard InChI is InChI=1S/C8H6F9I/c9-5(10,8(15,16)17)1-3-4(2-18)7(13,14)6(3,11)12/h3-4H,1-2H2/t3-,4+/m1/s1. The largest absolute Gasteiger partial charge is 0.453 e. The van der Waals surface area contributed by atoms with Crippen LogP contribution in [0.25, 0.3) is 0 Å². The molecule has 1 aliphatic rings. The molecule has 1 saturated carbocycles. The molecule has 1 rings (SSSR count). The Morgan fingerprint density at radius 2 is 1.22 bits per heavy atom. The molecular formula is C8H6F9I. The van der Waals surface area contributed by atoms with E-state index in [1.165, 1.54) is 22.6 Å². The maximum Gasteiger partial charge on any atom is 0.453 e. The highest BCUT2D eigenvalue weighted by Crippen LogP contribution is 2.63. The normalized spacial score (nSPS) is 31.0. The molecule has 0 aromatic heterocycles. The van der Waals surface area contributed by atoms with E-state index in [2.05, 4.69) is 0 Å². The Bertz CT molecular complexity index is 319. The lowest BCUT2D eigenvalue weighted by atomic mass is 9.65. The zero-order chi connectivity index (χ0) is 14.6. The zero-order valence-corrected chi connectivity index (χ0v) is 10.5. The fourth-order valence-electron chi connectivity index (χ4n) is 1.77. The van der Waals surface area contributed by atoms with Crippen LogP contribution in [-0.2, 0) is 0 Å². The van der Waals surface area contributed by atoms with E-state index in [1.807, 2.05) is 0 Å². The maximum absolute atomic E-state index is 12.9. The van der Waals surface area contributed by atoms with Crippen molar-refractivity contribution in [2.75, 3.05) is 4.43 Å². The Kier molecular flexibility index (Phi) is 3.86. The topological polar surface area (TPSA) is 0 Å². The monoisotopic (exact) mass is 400 g/mol. The van der Waals surface area contributed by atoms with Crippen molar-refractivity contribution in [3.05, 3.63) is 0 Å². The van der Waals surface area contributed by atoms with E-state index < -0.39 is 46.6 Å². The van der Waals surface area contributed by atoms with E-state index in [9.17, 15) is 39.5 Å². The van der Waals surface area contributed by atoms with Crippen molar-refractivity contribution in [2.45, 2.75) is 30.4 Å². The first-order chi connectivity index (χ1) is 7.79. The Balaban J connectivity index is 2.92. The van der Waals surface area contributed by atoms with Gasteiger partial charge in [0.15, 0.2) is 0 Å². The van der Waals surface area contributed by atoms with Crippen LogP contribution in [0.5, 0.6) is 0 Å². The number of rotatable bonds is 3. The molecule has 18 heavy (non-hydrogen) atoms. The van der Waals surface area contributed by atoms with Gasteiger partial charge in [-0.1, -0.05) is 22.6 Å². The van der Waals surface area contributed by atoms with Crippen LogP contribution in [0.2, 0.25) is 0 Å². The molecule has 0 saturated heterocycles. The number of hydrogen-bond donors (Lipinski definition) is 0. The molecule has 0 aromatic carbocycles. The van der Waals surface area contributed by atoms with Gasteiger partial charge in [0.05, 0.1) is 0 Å². The smallest absolute Gasteiger partial charge is 0.200 e. The molecular weight excluding hydrogens is 394 g/mol. The highest BCUT2D eigenvalue weighted by molar-refractivity contribution is 14.1. The Labute approximate surface area is 109 Å². The van der Waals surface area contributed by atoms with Gasteiger partial charge in [-0.25, -0.2) is 0 Å². The summed E-state index contributed by atoms with van der Waals surface area (Å²) in [6.45, 7) is 0. The fraction of sp³-hybridized carbons (Fsp3) is 1.00.